The predicted octanol–water partition coefficient (Wildman–Crippen LogP) is 6.16. The highest BCUT2D eigenvalue weighted by atomic mass is 16.6. The molecule has 0 radical (unpaired) electrons. The lowest BCUT2D eigenvalue weighted by Crippen LogP contribution is -2.39. The first-order valence-corrected chi connectivity index (χ1v) is 13.5. The largest absolute Gasteiger partial charge is 0.490 e. The van der Waals surface area contributed by atoms with Crippen LogP contribution in [0, 0.1) is 0 Å². The van der Waals surface area contributed by atoms with E-state index >= 15 is 0 Å². The molecule has 1 N–H and O–H groups in total. The lowest BCUT2D eigenvalue weighted by Gasteiger charge is -2.30. The number of carbonyl (C=O) groups is 1. The number of piperidine rings is 1. The van der Waals surface area contributed by atoms with E-state index in [2.05, 4.69) is 59.9 Å². The molecule has 6 nitrogen and oxygen atoms in total. The summed E-state index contributed by atoms with van der Waals surface area (Å²) in [5.41, 5.74) is 3.23. The van der Waals surface area contributed by atoms with Gasteiger partial charge < -0.3 is 18.9 Å². The number of nitrogens with one attached hydrogen (secondary N) is 1. The quantitative estimate of drug-likeness (QED) is 0.187. The Labute approximate surface area is 229 Å². The van der Waals surface area contributed by atoms with E-state index in [0.717, 1.165) is 30.7 Å². The number of benzene rings is 4. The number of carbonyl (C=O) groups excluding carboxylic acids is 1. The van der Waals surface area contributed by atoms with Gasteiger partial charge in [-0.05, 0) is 71.0 Å². The van der Waals surface area contributed by atoms with Crippen molar-refractivity contribution in [3.05, 3.63) is 114 Å². The third-order valence-electron chi connectivity index (χ3n) is 7.13. The summed E-state index contributed by atoms with van der Waals surface area (Å²) in [6.45, 7) is 1.93. The fourth-order valence-corrected chi connectivity index (χ4v) is 5.04. The first kappa shape index (κ1) is 26.9. The van der Waals surface area contributed by atoms with E-state index in [1.54, 1.807) is 0 Å². The van der Waals surface area contributed by atoms with E-state index in [4.69, 9.17) is 18.9 Å². The molecule has 0 aromatic heterocycles. The summed E-state index contributed by atoms with van der Waals surface area (Å²) < 4.78 is 22.7. The average Bonchev–Trinajstić information content (AvgIpc) is 2.99. The van der Waals surface area contributed by atoms with Gasteiger partial charge in [-0.3, -0.25) is 5.32 Å². The predicted molar refractivity (Wildman–Crippen MR) is 152 cm³/mol. The summed E-state index contributed by atoms with van der Waals surface area (Å²) >= 11 is 0. The van der Waals surface area contributed by atoms with Gasteiger partial charge >= 0.3 is 5.97 Å². The van der Waals surface area contributed by atoms with E-state index in [9.17, 15) is 4.79 Å². The van der Waals surface area contributed by atoms with Crippen molar-refractivity contribution in [3.63, 3.8) is 0 Å². The van der Waals surface area contributed by atoms with Crippen LogP contribution >= 0.6 is 0 Å². The van der Waals surface area contributed by atoms with Crippen molar-refractivity contribution < 1.29 is 23.7 Å². The molecule has 3 unspecified atom stereocenters. The van der Waals surface area contributed by atoms with Gasteiger partial charge in [0.1, 0.15) is 25.2 Å². The fourth-order valence-electron chi connectivity index (χ4n) is 5.04. The van der Waals surface area contributed by atoms with Crippen LogP contribution in [0.2, 0.25) is 0 Å². The third-order valence-corrected chi connectivity index (χ3v) is 7.13. The summed E-state index contributed by atoms with van der Waals surface area (Å²) in [5.74, 6) is 0.747. The maximum Gasteiger partial charge on any atom is 0.340 e. The van der Waals surface area contributed by atoms with Crippen molar-refractivity contribution in [3.8, 4) is 5.75 Å². The van der Waals surface area contributed by atoms with Crippen molar-refractivity contribution in [1.82, 2.24) is 5.32 Å². The van der Waals surface area contributed by atoms with Gasteiger partial charge in [0.15, 0.2) is 6.10 Å². The SMILES string of the molecule is COC(C(=O)OCCOc1ccc(C2CCNC(OCc3ccc4ccccc4c3)C2)cc1)c1ccccc1. The molecule has 202 valence electrons. The van der Waals surface area contributed by atoms with Crippen molar-refractivity contribution in [2.75, 3.05) is 26.9 Å². The van der Waals surface area contributed by atoms with E-state index in [0.29, 0.717) is 12.5 Å². The highest BCUT2D eigenvalue weighted by Crippen LogP contribution is 2.30. The second-order valence-electron chi connectivity index (χ2n) is 9.77. The van der Waals surface area contributed by atoms with Crippen LogP contribution < -0.4 is 10.1 Å². The molecule has 1 heterocycles. The van der Waals surface area contributed by atoms with Gasteiger partial charge in [-0.25, -0.2) is 4.79 Å². The van der Waals surface area contributed by atoms with Crippen molar-refractivity contribution in [2.45, 2.75) is 37.7 Å². The molecular formula is C33H35NO5. The minimum Gasteiger partial charge on any atom is -0.490 e. The average molecular weight is 526 g/mol. The summed E-state index contributed by atoms with van der Waals surface area (Å²) in [4.78, 5) is 12.4. The van der Waals surface area contributed by atoms with Crippen LogP contribution in [0.3, 0.4) is 0 Å². The monoisotopic (exact) mass is 525 g/mol. The summed E-state index contributed by atoms with van der Waals surface area (Å²) in [6.07, 6.45) is 1.27. The lowest BCUT2D eigenvalue weighted by atomic mass is 9.89. The van der Waals surface area contributed by atoms with Gasteiger partial charge in [0, 0.05) is 7.11 Å². The zero-order valence-corrected chi connectivity index (χ0v) is 22.3. The lowest BCUT2D eigenvalue weighted by molar-refractivity contribution is -0.156. The molecule has 39 heavy (non-hydrogen) atoms. The summed E-state index contributed by atoms with van der Waals surface area (Å²) in [6, 6.07) is 32.4. The first-order chi connectivity index (χ1) is 19.2. The minimum atomic E-state index is -0.740. The number of hydrogen-bond donors (Lipinski definition) is 1. The van der Waals surface area contributed by atoms with Gasteiger partial charge in [-0.2, -0.15) is 0 Å². The molecule has 1 fully saturated rings. The number of methoxy groups -OCH3 is 1. The normalized spacial score (nSPS) is 18.0. The second kappa shape index (κ2) is 13.4. The highest BCUT2D eigenvalue weighted by molar-refractivity contribution is 5.83. The number of fused-ring (bicyclic) bond motifs is 1. The molecule has 1 saturated heterocycles. The smallest absolute Gasteiger partial charge is 0.340 e. The van der Waals surface area contributed by atoms with Crippen LogP contribution in [0.25, 0.3) is 10.8 Å². The van der Waals surface area contributed by atoms with Gasteiger partial charge in [0.2, 0.25) is 0 Å². The van der Waals surface area contributed by atoms with Crippen molar-refractivity contribution in [1.29, 1.82) is 0 Å². The number of hydrogen-bond acceptors (Lipinski definition) is 6. The molecule has 0 spiro atoms. The molecular weight excluding hydrogens is 490 g/mol. The van der Waals surface area contributed by atoms with Crippen LogP contribution in [0.4, 0.5) is 0 Å². The Balaban J connectivity index is 1.06. The first-order valence-electron chi connectivity index (χ1n) is 13.5. The third kappa shape index (κ3) is 7.24. The van der Waals surface area contributed by atoms with Gasteiger partial charge in [0.05, 0.1) is 6.61 Å². The van der Waals surface area contributed by atoms with Crippen LogP contribution in [-0.2, 0) is 25.6 Å². The molecule has 3 atom stereocenters. The zero-order chi connectivity index (χ0) is 26.9. The molecule has 4 aromatic rings. The summed E-state index contributed by atoms with van der Waals surface area (Å²) in [7, 11) is 1.50. The maximum atomic E-state index is 12.4. The van der Waals surface area contributed by atoms with E-state index in [1.807, 2.05) is 42.5 Å². The number of rotatable bonds is 11. The van der Waals surface area contributed by atoms with Gasteiger partial charge in [-0.15, -0.1) is 0 Å². The van der Waals surface area contributed by atoms with Gasteiger partial charge in [-0.1, -0.05) is 78.9 Å². The molecule has 1 aliphatic heterocycles. The Morgan fingerprint density at radius 1 is 0.897 bits per heavy atom. The van der Waals surface area contributed by atoms with Crippen molar-refractivity contribution in [2.24, 2.45) is 0 Å². The molecule has 0 aliphatic carbocycles. The van der Waals surface area contributed by atoms with Crippen molar-refractivity contribution >= 4 is 16.7 Å². The molecule has 0 bridgehead atoms. The Morgan fingerprint density at radius 2 is 1.67 bits per heavy atom. The Kier molecular flexibility index (Phi) is 9.22. The van der Waals surface area contributed by atoms with Crippen LogP contribution in [0.1, 0.15) is 41.6 Å². The fraction of sp³-hybridized carbons (Fsp3) is 0.303. The van der Waals surface area contributed by atoms with Crippen LogP contribution in [0.5, 0.6) is 5.75 Å². The summed E-state index contributed by atoms with van der Waals surface area (Å²) in [5, 5.41) is 5.99. The zero-order valence-electron chi connectivity index (χ0n) is 22.3. The van der Waals surface area contributed by atoms with E-state index in [1.165, 1.54) is 29.0 Å². The second-order valence-corrected chi connectivity index (χ2v) is 9.77. The van der Waals surface area contributed by atoms with Crippen LogP contribution in [-0.4, -0.2) is 39.1 Å². The Morgan fingerprint density at radius 3 is 2.46 bits per heavy atom. The highest BCUT2D eigenvalue weighted by Gasteiger charge is 2.24. The van der Waals surface area contributed by atoms with E-state index < -0.39 is 12.1 Å². The molecule has 1 aliphatic rings. The number of esters is 1. The minimum absolute atomic E-state index is 0.0210. The van der Waals surface area contributed by atoms with E-state index in [-0.39, 0.29) is 19.4 Å². The van der Waals surface area contributed by atoms with Gasteiger partial charge in [0.25, 0.3) is 0 Å². The molecule has 5 rings (SSSR count). The Bertz CT molecular complexity index is 1340. The Hall–Kier alpha value is -3.71. The topological polar surface area (TPSA) is 66.0 Å². The van der Waals surface area contributed by atoms with Crippen LogP contribution in [0.15, 0.2) is 97.1 Å². The molecule has 6 heteroatoms. The standard InChI is InChI=1S/C33H35NO5/c1-36-32(27-8-3-2-4-9-27)33(35)38-20-19-37-30-15-13-26(14-16-30)29-17-18-34-31(22-29)39-23-24-11-12-25-7-5-6-10-28(25)21-24/h2-16,21,29,31-32,34H,17-20,22-23H2,1H3. The number of ether oxygens (including phenoxy) is 4. The molecule has 0 saturated carbocycles. The maximum absolute atomic E-state index is 12.4. The molecule has 0 amide bonds. The molecule has 4 aromatic carbocycles.